The van der Waals surface area contributed by atoms with Crippen molar-refractivity contribution in [2.75, 3.05) is 31.3 Å². The topological polar surface area (TPSA) is 103 Å². The second-order valence-electron chi connectivity index (χ2n) is 6.39. The van der Waals surface area contributed by atoms with E-state index >= 15 is 0 Å². The van der Waals surface area contributed by atoms with Gasteiger partial charge in [0.25, 0.3) is 0 Å². The third-order valence-electron chi connectivity index (χ3n) is 4.52. The molecule has 1 aliphatic rings. The quantitative estimate of drug-likeness (QED) is 0.537. The third-order valence-corrected chi connectivity index (χ3v) is 6.67. The summed E-state index contributed by atoms with van der Waals surface area (Å²) in [6.45, 7) is 1.56. The van der Waals surface area contributed by atoms with Gasteiger partial charge in [0.05, 0.1) is 18.1 Å². The van der Waals surface area contributed by atoms with Gasteiger partial charge in [0.15, 0.2) is 0 Å². The molecule has 1 aliphatic heterocycles. The predicted octanol–water partition coefficient (Wildman–Crippen LogP) is 3.41. The van der Waals surface area contributed by atoms with E-state index in [1.165, 1.54) is 0 Å². The molecule has 1 unspecified atom stereocenters. The molecule has 146 valence electrons. The lowest BCUT2D eigenvalue weighted by molar-refractivity contribution is 0.251. The Labute approximate surface area is 160 Å². The van der Waals surface area contributed by atoms with Crippen LogP contribution in [0.3, 0.4) is 0 Å². The molecular weight excluding hydrogens is 366 g/mol. The molecule has 7 nitrogen and oxygen atoms in total. The van der Waals surface area contributed by atoms with Crippen LogP contribution in [0.4, 0.5) is 10.5 Å². The van der Waals surface area contributed by atoms with Gasteiger partial charge in [-0.1, -0.05) is 24.3 Å². The number of benzene rings is 2. The number of methoxy groups -OCH3 is 1. The van der Waals surface area contributed by atoms with Gasteiger partial charge in [0.1, 0.15) is 5.75 Å². The van der Waals surface area contributed by atoms with Crippen molar-refractivity contribution in [3.05, 3.63) is 59.7 Å². The summed E-state index contributed by atoms with van der Waals surface area (Å²) in [7, 11) is -1.02. The first-order chi connectivity index (χ1) is 13.0. The number of amides is 2. The standard InChI is InChI=1S/C19H25N3O4S/c1-26-17-8-2-14(3-9-17)12-21-19(23)22-16-6-4-15(5-7-16)18-13-20-10-11-27(18,24)25/h2-9,18,20,24-25H,10-13H2,1H3,(H2,21,22,23). The Bertz CT molecular complexity index is 766. The lowest BCUT2D eigenvalue weighted by Crippen LogP contribution is -2.36. The molecule has 2 aromatic carbocycles. The number of ether oxygens (including phenoxy) is 1. The van der Waals surface area contributed by atoms with Gasteiger partial charge in [0, 0.05) is 25.3 Å². The van der Waals surface area contributed by atoms with Gasteiger partial charge in [0.2, 0.25) is 0 Å². The van der Waals surface area contributed by atoms with E-state index in [-0.39, 0.29) is 11.3 Å². The zero-order valence-corrected chi connectivity index (χ0v) is 16.0. The fourth-order valence-electron chi connectivity index (χ4n) is 2.95. The summed E-state index contributed by atoms with van der Waals surface area (Å²) in [6.07, 6.45) is 0. The summed E-state index contributed by atoms with van der Waals surface area (Å²) in [5, 5.41) is 8.45. The number of hydrogen-bond acceptors (Lipinski definition) is 5. The Kier molecular flexibility index (Phi) is 6.22. The van der Waals surface area contributed by atoms with Crippen molar-refractivity contribution in [2.45, 2.75) is 11.8 Å². The lowest BCUT2D eigenvalue weighted by Gasteiger charge is -2.44. The maximum absolute atomic E-state index is 12.1. The normalized spacial score (nSPS) is 19.7. The van der Waals surface area contributed by atoms with Crippen LogP contribution in [0, 0.1) is 0 Å². The smallest absolute Gasteiger partial charge is 0.319 e. The first kappa shape index (κ1) is 19.5. The minimum atomic E-state index is -2.63. The maximum atomic E-state index is 12.1. The van der Waals surface area contributed by atoms with Crippen molar-refractivity contribution in [1.82, 2.24) is 10.6 Å². The third kappa shape index (κ3) is 5.14. The van der Waals surface area contributed by atoms with Crippen molar-refractivity contribution >= 4 is 22.3 Å². The molecule has 5 N–H and O–H groups in total. The van der Waals surface area contributed by atoms with Crippen LogP contribution in [-0.2, 0) is 6.54 Å². The highest BCUT2D eigenvalue weighted by Gasteiger charge is 2.30. The van der Waals surface area contributed by atoms with E-state index in [2.05, 4.69) is 16.0 Å². The van der Waals surface area contributed by atoms with Gasteiger partial charge >= 0.3 is 6.03 Å². The molecule has 1 fully saturated rings. The maximum Gasteiger partial charge on any atom is 0.319 e. The van der Waals surface area contributed by atoms with E-state index in [4.69, 9.17) is 4.74 Å². The van der Waals surface area contributed by atoms with E-state index in [0.717, 1.165) is 16.9 Å². The van der Waals surface area contributed by atoms with E-state index < -0.39 is 10.6 Å². The van der Waals surface area contributed by atoms with E-state index in [9.17, 15) is 13.9 Å². The van der Waals surface area contributed by atoms with E-state index in [1.807, 2.05) is 36.4 Å². The number of urea groups is 1. The summed E-state index contributed by atoms with van der Waals surface area (Å²) in [4.78, 5) is 12.1. The van der Waals surface area contributed by atoms with Crippen molar-refractivity contribution in [1.29, 1.82) is 0 Å². The van der Waals surface area contributed by atoms with Crippen LogP contribution >= 0.6 is 10.6 Å². The van der Waals surface area contributed by atoms with Gasteiger partial charge in [-0.2, -0.15) is 10.6 Å². The Morgan fingerprint density at radius 2 is 1.89 bits per heavy atom. The minimum Gasteiger partial charge on any atom is -0.497 e. The molecule has 2 aromatic rings. The summed E-state index contributed by atoms with van der Waals surface area (Å²) >= 11 is 0. The van der Waals surface area contributed by atoms with Crippen LogP contribution in [0.15, 0.2) is 48.5 Å². The van der Waals surface area contributed by atoms with Crippen molar-refractivity contribution < 1.29 is 18.6 Å². The predicted molar refractivity (Wildman–Crippen MR) is 109 cm³/mol. The first-order valence-electron chi connectivity index (χ1n) is 8.71. The molecule has 3 rings (SSSR count). The van der Waals surface area contributed by atoms with Gasteiger partial charge in [-0.15, -0.1) is 0 Å². The van der Waals surface area contributed by atoms with Crippen LogP contribution < -0.4 is 20.7 Å². The molecule has 0 bridgehead atoms. The Balaban J connectivity index is 1.53. The van der Waals surface area contributed by atoms with Gasteiger partial charge in [-0.25, -0.2) is 4.79 Å². The van der Waals surface area contributed by atoms with Crippen molar-refractivity contribution in [2.24, 2.45) is 0 Å². The average Bonchev–Trinajstić information content (AvgIpc) is 2.67. The fourth-order valence-corrected chi connectivity index (χ4v) is 4.66. The number of hydrogen-bond donors (Lipinski definition) is 5. The minimum absolute atomic E-state index is 0.304. The molecule has 0 aromatic heterocycles. The molecule has 0 spiro atoms. The van der Waals surface area contributed by atoms with Crippen LogP contribution in [-0.4, -0.2) is 41.1 Å². The summed E-state index contributed by atoms with van der Waals surface area (Å²) < 4.78 is 25.6. The average molecular weight is 391 g/mol. The Morgan fingerprint density at radius 1 is 1.19 bits per heavy atom. The highest BCUT2D eigenvalue weighted by molar-refractivity contribution is 8.24. The first-order valence-corrected chi connectivity index (χ1v) is 10.5. The second kappa shape index (κ2) is 8.62. The number of rotatable bonds is 5. The highest BCUT2D eigenvalue weighted by atomic mass is 32.3. The molecule has 1 heterocycles. The largest absolute Gasteiger partial charge is 0.497 e. The van der Waals surface area contributed by atoms with Gasteiger partial charge in [-0.05, 0) is 35.4 Å². The summed E-state index contributed by atoms with van der Waals surface area (Å²) in [5.41, 5.74) is 2.47. The fraction of sp³-hybridized carbons (Fsp3) is 0.316. The molecule has 0 saturated carbocycles. The molecule has 0 aliphatic carbocycles. The molecule has 8 heteroatoms. The number of carbonyl (C=O) groups excluding carboxylic acids is 1. The molecule has 1 saturated heterocycles. The van der Waals surface area contributed by atoms with Crippen LogP contribution in [0.1, 0.15) is 16.4 Å². The zero-order chi connectivity index (χ0) is 19.3. The van der Waals surface area contributed by atoms with Crippen LogP contribution in [0.5, 0.6) is 5.75 Å². The van der Waals surface area contributed by atoms with Crippen molar-refractivity contribution in [3.63, 3.8) is 0 Å². The Morgan fingerprint density at radius 3 is 2.52 bits per heavy atom. The van der Waals surface area contributed by atoms with Crippen LogP contribution in [0.25, 0.3) is 0 Å². The molecule has 2 amide bonds. The Hall–Kier alpha value is -2.26. The van der Waals surface area contributed by atoms with Gasteiger partial charge < -0.3 is 20.7 Å². The number of carbonyl (C=O) groups is 1. The molecule has 1 atom stereocenters. The van der Waals surface area contributed by atoms with E-state index in [1.54, 1.807) is 19.2 Å². The number of anilines is 1. The monoisotopic (exact) mass is 391 g/mol. The van der Waals surface area contributed by atoms with E-state index in [0.29, 0.717) is 31.1 Å². The summed E-state index contributed by atoms with van der Waals surface area (Å²) in [6, 6.07) is 14.4. The summed E-state index contributed by atoms with van der Waals surface area (Å²) in [5.74, 6) is 1.14. The van der Waals surface area contributed by atoms with Gasteiger partial charge in [-0.3, -0.25) is 9.11 Å². The lowest BCUT2D eigenvalue weighted by atomic mass is 10.1. The molecule has 0 radical (unpaired) electrons. The molecule has 27 heavy (non-hydrogen) atoms. The second-order valence-corrected chi connectivity index (χ2v) is 8.80. The zero-order valence-electron chi connectivity index (χ0n) is 15.1. The van der Waals surface area contributed by atoms with Crippen molar-refractivity contribution in [3.8, 4) is 5.75 Å². The highest BCUT2D eigenvalue weighted by Crippen LogP contribution is 2.54. The number of nitrogens with one attached hydrogen (secondary N) is 3. The van der Waals surface area contributed by atoms with Crippen LogP contribution in [0.2, 0.25) is 0 Å². The SMILES string of the molecule is COc1ccc(CNC(=O)Nc2ccc(C3CNCCS3(O)O)cc2)cc1. The molecular formula is C19H25N3O4S.